The lowest BCUT2D eigenvalue weighted by Crippen LogP contribution is -2.20. The molecule has 142 valence electrons. The van der Waals surface area contributed by atoms with Crippen molar-refractivity contribution in [2.24, 2.45) is 0 Å². The van der Waals surface area contributed by atoms with Gasteiger partial charge in [0.2, 0.25) is 5.91 Å². The van der Waals surface area contributed by atoms with Crippen molar-refractivity contribution in [2.45, 2.75) is 6.92 Å². The van der Waals surface area contributed by atoms with Gasteiger partial charge < -0.3 is 20.1 Å². The summed E-state index contributed by atoms with van der Waals surface area (Å²) < 4.78 is 11.2. The first-order valence-electron chi connectivity index (χ1n) is 8.72. The van der Waals surface area contributed by atoms with Gasteiger partial charge in [-0.05, 0) is 60.7 Å². The maximum Gasteiger partial charge on any atom is 0.262 e. The molecule has 6 nitrogen and oxygen atoms in total. The summed E-state index contributed by atoms with van der Waals surface area (Å²) in [4.78, 5) is 23.0. The molecule has 0 aliphatic rings. The van der Waals surface area contributed by atoms with Crippen LogP contribution in [0.3, 0.4) is 0 Å². The lowest BCUT2D eigenvalue weighted by molar-refractivity contribution is -0.118. The van der Waals surface area contributed by atoms with Crippen LogP contribution < -0.4 is 20.1 Å². The van der Waals surface area contributed by atoms with Crippen molar-refractivity contribution < 1.29 is 19.1 Å². The van der Waals surface area contributed by atoms with Crippen molar-refractivity contribution in [3.05, 3.63) is 78.9 Å². The van der Waals surface area contributed by atoms with Gasteiger partial charge in [-0.2, -0.15) is 0 Å². The molecular formula is C22H20N2O4. The summed E-state index contributed by atoms with van der Waals surface area (Å²) in [6.45, 7) is 1.32. The summed E-state index contributed by atoms with van der Waals surface area (Å²) in [6.07, 6.45) is 0. The molecule has 28 heavy (non-hydrogen) atoms. The first-order chi connectivity index (χ1) is 13.6. The Bertz CT molecular complexity index is 923. The Kier molecular flexibility index (Phi) is 6.25. The van der Waals surface area contributed by atoms with Crippen molar-refractivity contribution in [3.63, 3.8) is 0 Å². The molecular weight excluding hydrogens is 356 g/mol. The minimum Gasteiger partial charge on any atom is -0.484 e. The fourth-order valence-electron chi connectivity index (χ4n) is 2.41. The SMILES string of the molecule is CC(=O)Nc1ccc(NC(=O)COc2ccc(Oc3ccccc3)cc2)cc1. The van der Waals surface area contributed by atoms with E-state index in [0.29, 0.717) is 22.9 Å². The minimum absolute atomic E-state index is 0.119. The highest BCUT2D eigenvalue weighted by molar-refractivity contribution is 5.93. The Morgan fingerprint density at radius 3 is 1.86 bits per heavy atom. The van der Waals surface area contributed by atoms with Gasteiger partial charge in [0.05, 0.1) is 0 Å². The highest BCUT2D eigenvalue weighted by atomic mass is 16.5. The summed E-state index contributed by atoms with van der Waals surface area (Å²) in [5, 5.41) is 5.40. The van der Waals surface area contributed by atoms with Crippen molar-refractivity contribution >= 4 is 23.2 Å². The smallest absolute Gasteiger partial charge is 0.262 e. The molecule has 2 amide bonds. The number of carbonyl (C=O) groups is 2. The van der Waals surface area contributed by atoms with Gasteiger partial charge in [-0.3, -0.25) is 9.59 Å². The van der Waals surface area contributed by atoms with E-state index in [-0.39, 0.29) is 18.4 Å². The Morgan fingerprint density at radius 2 is 1.25 bits per heavy atom. The Labute approximate surface area is 163 Å². The van der Waals surface area contributed by atoms with Gasteiger partial charge >= 0.3 is 0 Å². The van der Waals surface area contributed by atoms with E-state index in [1.54, 1.807) is 48.5 Å². The number of hydrogen-bond acceptors (Lipinski definition) is 4. The van der Waals surface area contributed by atoms with Gasteiger partial charge in [0.1, 0.15) is 17.2 Å². The zero-order valence-electron chi connectivity index (χ0n) is 15.3. The average molecular weight is 376 g/mol. The van der Waals surface area contributed by atoms with E-state index in [2.05, 4.69) is 10.6 Å². The average Bonchev–Trinajstić information content (AvgIpc) is 2.69. The van der Waals surface area contributed by atoms with Crippen LogP contribution in [0.2, 0.25) is 0 Å². The van der Waals surface area contributed by atoms with Crippen LogP contribution in [0.25, 0.3) is 0 Å². The van der Waals surface area contributed by atoms with E-state index in [9.17, 15) is 9.59 Å². The summed E-state index contributed by atoms with van der Waals surface area (Å²) in [6, 6.07) is 23.4. The number of hydrogen-bond donors (Lipinski definition) is 2. The molecule has 2 N–H and O–H groups in total. The van der Waals surface area contributed by atoms with Crippen LogP contribution in [0.5, 0.6) is 17.2 Å². The lowest BCUT2D eigenvalue weighted by atomic mass is 10.2. The number of amides is 2. The predicted molar refractivity (Wildman–Crippen MR) is 108 cm³/mol. The monoisotopic (exact) mass is 376 g/mol. The van der Waals surface area contributed by atoms with Crippen molar-refractivity contribution in [1.82, 2.24) is 0 Å². The second-order valence-electron chi connectivity index (χ2n) is 5.98. The molecule has 0 bridgehead atoms. The fourth-order valence-corrected chi connectivity index (χ4v) is 2.41. The van der Waals surface area contributed by atoms with E-state index < -0.39 is 0 Å². The third-order valence-corrected chi connectivity index (χ3v) is 3.66. The summed E-state index contributed by atoms with van der Waals surface area (Å²) in [7, 11) is 0. The van der Waals surface area contributed by atoms with Gasteiger partial charge in [0.15, 0.2) is 6.61 Å². The van der Waals surface area contributed by atoms with Crippen LogP contribution in [0, 0.1) is 0 Å². The molecule has 0 aliphatic heterocycles. The number of ether oxygens (including phenoxy) is 2. The maximum absolute atomic E-state index is 12.0. The van der Waals surface area contributed by atoms with E-state index in [1.165, 1.54) is 6.92 Å². The molecule has 0 radical (unpaired) electrons. The van der Waals surface area contributed by atoms with Crippen LogP contribution in [0.1, 0.15) is 6.92 Å². The molecule has 3 rings (SSSR count). The highest BCUT2D eigenvalue weighted by Gasteiger charge is 2.05. The summed E-state index contributed by atoms with van der Waals surface area (Å²) in [5.41, 5.74) is 1.29. The highest BCUT2D eigenvalue weighted by Crippen LogP contribution is 2.23. The van der Waals surface area contributed by atoms with Crippen LogP contribution in [0.4, 0.5) is 11.4 Å². The topological polar surface area (TPSA) is 76.7 Å². The normalized spacial score (nSPS) is 10.0. The van der Waals surface area contributed by atoms with E-state index in [4.69, 9.17) is 9.47 Å². The summed E-state index contributed by atoms with van der Waals surface area (Å²) >= 11 is 0. The third-order valence-electron chi connectivity index (χ3n) is 3.66. The molecule has 0 aromatic heterocycles. The number of rotatable bonds is 7. The fraction of sp³-hybridized carbons (Fsp3) is 0.0909. The first-order valence-corrected chi connectivity index (χ1v) is 8.72. The lowest BCUT2D eigenvalue weighted by Gasteiger charge is -2.09. The van der Waals surface area contributed by atoms with Gasteiger partial charge in [0.25, 0.3) is 5.91 Å². The van der Waals surface area contributed by atoms with Gasteiger partial charge in [-0.15, -0.1) is 0 Å². The predicted octanol–water partition coefficient (Wildman–Crippen LogP) is 4.45. The Morgan fingerprint density at radius 1 is 0.714 bits per heavy atom. The molecule has 3 aromatic carbocycles. The molecule has 0 spiro atoms. The first kappa shape index (κ1) is 19.0. The zero-order chi connectivity index (χ0) is 19.8. The number of nitrogens with one attached hydrogen (secondary N) is 2. The number of anilines is 2. The van der Waals surface area contributed by atoms with Gasteiger partial charge in [-0.1, -0.05) is 18.2 Å². The largest absolute Gasteiger partial charge is 0.484 e. The van der Waals surface area contributed by atoms with Crippen LogP contribution >= 0.6 is 0 Å². The van der Waals surface area contributed by atoms with Crippen molar-refractivity contribution in [1.29, 1.82) is 0 Å². The maximum atomic E-state index is 12.0. The molecule has 0 saturated heterocycles. The molecule has 0 atom stereocenters. The quantitative estimate of drug-likeness (QED) is 0.638. The van der Waals surface area contributed by atoms with Crippen LogP contribution in [-0.4, -0.2) is 18.4 Å². The molecule has 6 heteroatoms. The Balaban J connectivity index is 1.47. The molecule has 0 aliphatic carbocycles. The van der Waals surface area contributed by atoms with Gasteiger partial charge in [-0.25, -0.2) is 0 Å². The molecule has 0 fully saturated rings. The summed E-state index contributed by atoms with van der Waals surface area (Å²) in [5.74, 6) is 1.57. The number of para-hydroxylation sites is 1. The zero-order valence-corrected chi connectivity index (χ0v) is 15.3. The molecule has 3 aromatic rings. The molecule has 0 heterocycles. The second kappa shape index (κ2) is 9.23. The second-order valence-corrected chi connectivity index (χ2v) is 5.98. The number of benzene rings is 3. The van der Waals surface area contributed by atoms with Gasteiger partial charge in [0, 0.05) is 18.3 Å². The van der Waals surface area contributed by atoms with Crippen molar-refractivity contribution in [3.8, 4) is 17.2 Å². The van der Waals surface area contributed by atoms with Crippen molar-refractivity contribution in [2.75, 3.05) is 17.2 Å². The molecule has 0 saturated carbocycles. The minimum atomic E-state index is -0.281. The van der Waals surface area contributed by atoms with E-state index in [1.807, 2.05) is 30.3 Å². The van der Waals surface area contributed by atoms with Crippen LogP contribution in [0.15, 0.2) is 78.9 Å². The Hall–Kier alpha value is -3.80. The standard InChI is InChI=1S/C22H20N2O4/c1-16(25)23-17-7-9-18(10-8-17)24-22(26)15-27-19-11-13-21(14-12-19)28-20-5-3-2-4-6-20/h2-14H,15H2,1H3,(H,23,25)(H,24,26). The molecule has 0 unspecified atom stereocenters. The number of carbonyl (C=O) groups excluding carboxylic acids is 2. The van der Waals surface area contributed by atoms with E-state index >= 15 is 0 Å². The van der Waals surface area contributed by atoms with E-state index in [0.717, 1.165) is 5.75 Å². The van der Waals surface area contributed by atoms with Crippen LogP contribution in [-0.2, 0) is 9.59 Å². The third kappa shape index (κ3) is 5.88.